The number of rotatable bonds is 2. The fraction of sp³-hybridized carbons (Fsp3) is 0. The Bertz CT molecular complexity index is 519. The Morgan fingerprint density at radius 1 is 1.31 bits per heavy atom. The van der Waals surface area contributed by atoms with E-state index in [2.05, 4.69) is 4.98 Å². The van der Waals surface area contributed by atoms with E-state index in [1.807, 2.05) is 0 Å². The quantitative estimate of drug-likeness (QED) is 0.874. The number of pyridine rings is 1. The first-order valence-corrected chi connectivity index (χ1v) is 4.81. The van der Waals surface area contributed by atoms with E-state index >= 15 is 0 Å². The predicted octanol–water partition coefficient (Wildman–Crippen LogP) is 3.37. The van der Waals surface area contributed by atoms with Crippen molar-refractivity contribution >= 4 is 11.6 Å². The molecular weight excluding hydrogens is 233 g/mol. The van der Waals surface area contributed by atoms with Gasteiger partial charge in [-0.3, -0.25) is 0 Å². The minimum absolute atomic E-state index is 0.0341. The fourth-order valence-corrected chi connectivity index (χ4v) is 1.28. The van der Waals surface area contributed by atoms with Crippen molar-refractivity contribution in [3.8, 4) is 17.4 Å². The topological polar surface area (TPSA) is 42.4 Å². The third-order valence-electron chi connectivity index (χ3n) is 1.81. The molecular formula is C11H7ClFNO2. The Labute approximate surface area is 96.1 Å². The zero-order valence-corrected chi connectivity index (χ0v) is 8.78. The number of halogens is 2. The maximum atomic E-state index is 13.3. The molecule has 1 aromatic heterocycles. The summed E-state index contributed by atoms with van der Waals surface area (Å²) in [4.78, 5) is 3.69. The van der Waals surface area contributed by atoms with E-state index < -0.39 is 5.82 Å². The first kappa shape index (κ1) is 10.7. The average molecular weight is 240 g/mol. The highest BCUT2D eigenvalue weighted by Gasteiger charge is 2.07. The number of hydrogen-bond donors (Lipinski definition) is 1. The molecule has 1 aromatic carbocycles. The normalized spacial score (nSPS) is 10.1. The van der Waals surface area contributed by atoms with Crippen molar-refractivity contribution < 1.29 is 14.2 Å². The predicted molar refractivity (Wildman–Crippen MR) is 57.4 cm³/mol. The molecule has 3 nitrogen and oxygen atoms in total. The second-order valence-electron chi connectivity index (χ2n) is 3.04. The van der Waals surface area contributed by atoms with Gasteiger partial charge in [-0.1, -0.05) is 17.7 Å². The number of aromatic nitrogens is 1. The monoisotopic (exact) mass is 239 g/mol. The number of phenolic OH excluding ortho intramolecular Hbond substituents is 1. The van der Waals surface area contributed by atoms with E-state index in [1.165, 1.54) is 18.3 Å². The van der Waals surface area contributed by atoms with Crippen LogP contribution in [-0.4, -0.2) is 10.1 Å². The molecule has 0 spiro atoms. The minimum atomic E-state index is -0.657. The molecule has 0 saturated heterocycles. The van der Waals surface area contributed by atoms with Gasteiger partial charge in [-0.15, -0.1) is 0 Å². The number of ether oxygens (including phenoxy) is 1. The van der Waals surface area contributed by atoms with Crippen LogP contribution in [0.25, 0.3) is 0 Å². The van der Waals surface area contributed by atoms with E-state index in [0.717, 1.165) is 6.07 Å². The molecule has 2 aromatic rings. The minimum Gasteiger partial charge on any atom is -0.508 e. The summed E-state index contributed by atoms with van der Waals surface area (Å²) in [6.45, 7) is 0. The number of nitrogens with zero attached hydrogens (tertiary/aromatic N) is 1. The van der Waals surface area contributed by atoms with Crippen molar-refractivity contribution in [3.63, 3.8) is 0 Å². The van der Waals surface area contributed by atoms with Crippen LogP contribution < -0.4 is 4.74 Å². The molecule has 5 heteroatoms. The lowest BCUT2D eigenvalue weighted by Crippen LogP contribution is -1.91. The third kappa shape index (κ3) is 2.41. The highest BCUT2D eigenvalue weighted by Crippen LogP contribution is 2.26. The van der Waals surface area contributed by atoms with E-state index in [0.29, 0.717) is 5.75 Å². The van der Waals surface area contributed by atoms with Gasteiger partial charge in [0, 0.05) is 12.3 Å². The molecule has 0 aliphatic rings. The number of benzene rings is 1. The van der Waals surface area contributed by atoms with Crippen LogP contribution in [0.15, 0.2) is 36.5 Å². The molecule has 1 N–H and O–H groups in total. The molecule has 0 aliphatic heterocycles. The summed E-state index contributed by atoms with van der Waals surface area (Å²) in [6.07, 6.45) is 1.28. The summed E-state index contributed by atoms with van der Waals surface area (Å²) < 4.78 is 18.4. The van der Waals surface area contributed by atoms with Crippen LogP contribution in [0.1, 0.15) is 0 Å². The third-order valence-corrected chi connectivity index (χ3v) is 2.01. The SMILES string of the molecule is Oc1cccc(Oc2ncc(Cl)cc2F)c1. The zero-order valence-electron chi connectivity index (χ0n) is 8.02. The highest BCUT2D eigenvalue weighted by molar-refractivity contribution is 6.30. The Hall–Kier alpha value is -1.81. The largest absolute Gasteiger partial charge is 0.508 e. The summed E-state index contributed by atoms with van der Waals surface area (Å²) in [5, 5.41) is 9.38. The number of hydrogen-bond acceptors (Lipinski definition) is 3. The van der Waals surface area contributed by atoms with Gasteiger partial charge in [0.05, 0.1) is 5.02 Å². The smallest absolute Gasteiger partial charge is 0.255 e. The Morgan fingerprint density at radius 2 is 2.12 bits per heavy atom. The second kappa shape index (κ2) is 4.37. The summed E-state index contributed by atoms with van der Waals surface area (Å²) >= 11 is 5.55. The van der Waals surface area contributed by atoms with Crippen molar-refractivity contribution in [1.29, 1.82) is 0 Å². The maximum Gasteiger partial charge on any atom is 0.255 e. The van der Waals surface area contributed by atoms with Crippen LogP contribution in [0.5, 0.6) is 17.4 Å². The van der Waals surface area contributed by atoms with Crippen molar-refractivity contribution in [2.45, 2.75) is 0 Å². The molecule has 0 saturated carbocycles. The van der Waals surface area contributed by atoms with Gasteiger partial charge in [0.2, 0.25) is 0 Å². The lowest BCUT2D eigenvalue weighted by Gasteiger charge is -2.05. The zero-order chi connectivity index (χ0) is 11.5. The molecule has 0 aliphatic carbocycles. The Kier molecular flexibility index (Phi) is 2.92. The number of phenols is 1. The molecule has 0 radical (unpaired) electrons. The number of aromatic hydroxyl groups is 1. The van der Waals surface area contributed by atoms with Crippen LogP contribution in [0, 0.1) is 5.82 Å². The Morgan fingerprint density at radius 3 is 2.81 bits per heavy atom. The molecule has 0 amide bonds. The summed E-state index contributed by atoms with van der Waals surface area (Å²) in [7, 11) is 0. The van der Waals surface area contributed by atoms with Crippen LogP contribution in [-0.2, 0) is 0 Å². The van der Waals surface area contributed by atoms with Crippen LogP contribution in [0.2, 0.25) is 5.02 Å². The van der Waals surface area contributed by atoms with Crippen LogP contribution >= 0.6 is 11.6 Å². The first-order valence-electron chi connectivity index (χ1n) is 4.43. The summed E-state index contributed by atoms with van der Waals surface area (Å²) in [6, 6.07) is 7.11. The van der Waals surface area contributed by atoms with Crippen molar-refractivity contribution in [3.05, 3.63) is 47.4 Å². The molecule has 0 atom stereocenters. The molecule has 0 fully saturated rings. The molecule has 0 unspecified atom stereocenters. The van der Waals surface area contributed by atoms with Gasteiger partial charge in [0.15, 0.2) is 5.82 Å². The maximum absolute atomic E-state index is 13.3. The lowest BCUT2D eigenvalue weighted by molar-refractivity contribution is 0.416. The van der Waals surface area contributed by atoms with E-state index in [4.69, 9.17) is 16.3 Å². The van der Waals surface area contributed by atoms with E-state index in [-0.39, 0.29) is 16.7 Å². The van der Waals surface area contributed by atoms with Gasteiger partial charge in [0.1, 0.15) is 11.5 Å². The van der Waals surface area contributed by atoms with Gasteiger partial charge < -0.3 is 9.84 Å². The molecule has 16 heavy (non-hydrogen) atoms. The van der Waals surface area contributed by atoms with Gasteiger partial charge >= 0.3 is 0 Å². The van der Waals surface area contributed by atoms with Gasteiger partial charge in [0.25, 0.3) is 5.88 Å². The molecule has 2 rings (SSSR count). The van der Waals surface area contributed by atoms with E-state index in [1.54, 1.807) is 12.1 Å². The van der Waals surface area contributed by atoms with Crippen LogP contribution in [0.3, 0.4) is 0 Å². The van der Waals surface area contributed by atoms with Gasteiger partial charge in [-0.25, -0.2) is 9.37 Å². The molecule has 0 bridgehead atoms. The lowest BCUT2D eigenvalue weighted by atomic mass is 10.3. The summed E-state index contributed by atoms with van der Waals surface area (Å²) in [5.41, 5.74) is 0. The van der Waals surface area contributed by atoms with Crippen molar-refractivity contribution in [1.82, 2.24) is 4.98 Å². The van der Waals surface area contributed by atoms with Crippen molar-refractivity contribution in [2.75, 3.05) is 0 Å². The van der Waals surface area contributed by atoms with Crippen LogP contribution in [0.4, 0.5) is 4.39 Å². The standard InChI is InChI=1S/C11H7ClFNO2/c12-7-4-10(13)11(14-6-7)16-9-3-1-2-8(15)5-9/h1-6,15H. The summed E-state index contributed by atoms with van der Waals surface area (Å²) in [5.74, 6) is -0.508. The fourth-order valence-electron chi connectivity index (χ4n) is 1.14. The highest BCUT2D eigenvalue weighted by atomic mass is 35.5. The van der Waals surface area contributed by atoms with Gasteiger partial charge in [-0.05, 0) is 18.2 Å². The molecule has 1 heterocycles. The Balaban J connectivity index is 2.27. The second-order valence-corrected chi connectivity index (χ2v) is 3.48. The first-order chi connectivity index (χ1) is 7.65. The molecule has 82 valence electrons. The van der Waals surface area contributed by atoms with E-state index in [9.17, 15) is 9.50 Å². The van der Waals surface area contributed by atoms with Gasteiger partial charge in [-0.2, -0.15) is 0 Å². The average Bonchev–Trinajstić information content (AvgIpc) is 2.22. The van der Waals surface area contributed by atoms with Crippen molar-refractivity contribution in [2.24, 2.45) is 0 Å².